The van der Waals surface area contributed by atoms with Gasteiger partial charge in [0.2, 0.25) is 0 Å². The molecule has 0 bridgehead atoms. The van der Waals surface area contributed by atoms with Gasteiger partial charge < -0.3 is 20.1 Å². The molecule has 2 amide bonds. The lowest BCUT2D eigenvalue weighted by Gasteiger charge is -2.30. The summed E-state index contributed by atoms with van der Waals surface area (Å²) in [5.41, 5.74) is 0.624. The second kappa shape index (κ2) is 13.2. The molecule has 0 unspecified atom stereocenters. The van der Waals surface area contributed by atoms with E-state index in [2.05, 4.69) is 24.5 Å². The molecule has 0 atom stereocenters. The number of benzene rings is 1. The predicted molar refractivity (Wildman–Crippen MR) is 129 cm³/mol. The summed E-state index contributed by atoms with van der Waals surface area (Å²) < 4.78 is 10.6. The third-order valence-electron chi connectivity index (χ3n) is 5.35. The molecule has 0 aliphatic carbocycles. The van der Waals surface area contributed by atoms with Gasteiger partial charge in [-0.25, -0.2) is 9.59 Å². The highest BCUT2D eigenvalue weighted by Gasteiger charge is 2.28. The van der Waals surface area contributed by atoms with Crippen LogP contribution in [-0.2, 0) is 20.6 Å². The van der Waals surface area contributed by atoms with E-state index in [-0.39, 0.29) is 2.85 Å². The first-order chi connectivity index (χ1) is 14.6. The largest absolute Gasteiger partial charge is 0.450 e. The van der Waals surface area contributed by atoms with Gasteiger partial charge in [0.15, 0.2) is 0 Å². The molecule has 1 aromatic rings. The molecule has 0 aliphatic rings. The highest BCUT2D eigenvalue weighted by Crippen LogP contribution is 2.27. The molecular weight excluding hydrogens is 392 g/mol. The normalized spacial score (nSPS) is 11.7. The van der Waals surface area contributed by atoms with Crippen LogP contribution in [-0.4, -0.2) is 25.4 Å². The van der Waals surface area contributed by atoms with Crippen molar-refractivity contribution in [3.63, 3.8) is 0 Å². The minimum absolute atomic E-state index is 0. The fourth-order valence-corrected chi connectivity index (χ4v) is 3.23. The van der Waals surface area contributed by atoms with Crippen molar-refractivity contribution in [1.29, 1.82) is 0 Å². The van der Waals surface area contributed by atoms with Gasteiger partial charge in [0, 0.05) is 2.85 Å². The lowest BCUT2D eigenvalue weighted by atomic mass is 9.87. The average Bonchev–Trinajstić information content (AvgIpc) is 2.70. The molecule has 6 heteroatoms. The highest BCUT2D eigenvalue weighted by atomic mass is 16.6. The molecule has 2 N–H and O–H groups in total. The summed E-state index contributed by atoms with van der Waals surface area (Å²) in [6.45, 7) is 12.9. The standard InChI is InChI=1S/C25H42N2O4.2H2/c1-7-9-11-13-18-31-23(29)27-25(5,6)21-16-14-15-20(19-21)24(3,4)26-22(28)30-17-12-10-8-2;;/h14-16,19H,7-13,17-18H2,1-6H3,(H,26,28)(H,27,29);2*1H. The molecule has 0 saturated carbocycles. The van der Waals surface area contributed by atoms with Gasteiger partial charge in [-0.05, 0) is 51.7 Å². The third-order valence-corrected chi connectivity index (χ3v) is 5.35. The molecule has 0 spiro atoms. The molecular formula is C25H46N2O4. The molecule has 1 rings (SSSR count). The van der Waals surface area contributed by atoms with E-state index in [9.17, 15) is 9.59 Å². The SMILES string of the molecule is CCCCCCOC(=O)NC(C)(C)c1cccc(C(C)(C)NC(=O)OCCCCC)c1.[HH].[HH]. The number of carbonyl (C=O) groups excluding carboxylic acids is 2. The fraction of sp³-hybridized carbons (Fsp3) is 0.680. The molecule has 0 fully saturated rings. The van der Waals surface area contributed by atoms with Crippen LogP contribution in [0.5, 0.6) is 0 Å². The second-order valence-corrected chi connectivity index (χ2v) is 9.12. The summed E-state index contributed by atoms with van der Waals surface area (Å²) in [6, 6.07) is 7.85. The van der Waals surface area contributed by atoms with E-state index in [1.54, 1.807) is 0 Å². The maximum Gasteiger partial charge on any atom is 0.407 e. The second-order valence-electron chi connectivity index (χ2n) is 9.12. The summed E-state index contributed by atoms with van der Waals surface area (Å²) in [7, 11) is 0. The Morgan fingerprint density at radius 3 is 1.65 bits per heavy atom. The first kappa shape index (κ1) is 26.8. The Hall–Kier alpha value is -2.24. The molecule has 180 valence electrons. The monoisotopic (exact) mass is 438 g/mol. The van der Waals surface area contributed by atoms with Crippen LogP contribution in [0.4, 0.5) is 9.59 Å². The number of unbranched alkanes of at least 4 members (excludes halogenated alkanes) is 5. The van der Waals surface area contributed by atoms with Gasteiger partial charge in [0.05, 0.1) is 24.3 Å². The van der Waals surface area contributed by atoms with Gasteiger partial charge in [-0.1, -0.05) is 70.2 Å². The smallest absolute Gasteiger partial charge is 0.407 e. The van der Waals surface area contributed by atoms with Crippen molar-refractivity contribution in [2.45, 2.75) is 97.6 Å². The predicted octanol–water partition coefficient (Wildman–Crippen LogP) is 6.87. The van der Waals surface area contributed by atoms with Crippen molar-refractivity contribution in [3.8, 4) is 0 Å². The molecule has 6 nitrogen and oxygen atoms in total. The van der Waals surface area contributed by atoms with Crippen LogP contribution in [0, 0.1) is 0 Å². The number of rotatable bonds is 13. The van der Waals surface area contributed by atoms with Gasteiger partial charge in [0.1, 0.15) is 0 Å². The van der Waals surface area contributed by atoms with Crippen LogP contribution in [0.15, 0.2) is 24.3 Å². The topological polar surface area (TPSA) is 76.7 Å². The molecule has 0 radical (unpaired) electrons. The van der Waals surface area contributed by atoms with Gasteiger partial charge in [0.25, 0.3) is 0 Å². The molecule has 1 aromatic carbocycles. The van der Waals surface area contributed by atoms with E-state index in [0.29, 0.717) is 13.2 Å². The van der Waals surface area contributed by atoms with Crippen molar-refractivity contribution in [1.82, 2.24) is 10.6 Å². The van der Waals surface area contributed by atoms with Crippen molar-refractivity contribution in [2.24, 2.45) is 0 Å². The van der Waals surface area contributed by atoms with Crippen molar-refractivity contribution >= 4 is 12.2 Å². The first-order valence-electron chi connectivity index (χ1n) is 11.6. The average molecular weight is 439 g/mol. The lowest BCUT2D eigenvalue weighted by Crippen LogP contribution is -2.43. The number of hydrogen-bond donors (Lipinski definition) is 2. The third kappa shape index (κ3) is 10.1. The fourth-order valence-electron chi connectivity index (χ4n) is 3.23. The number of nitrogens with one attached hydrogen (secondary N) is 2. The van der Waals surface area contributed by atoms with Crippen LogP contribution >= 0.6 is 0 Å². The molecule has 0 aliphatic heterocycles. The minimum atomic E-state index is -0.618. The highest BCUT2D eigenvalue weighted by molar-refractivity contribution is 5.69. The summed E-state index contributed by atoms with van der Waals surface area (Å²) in [4.78, 5) is 24.4. The van der Waals surface area contributed by atoms with Crippen molar-refractivity contribution in [3.05, 3.63) is 35.4 Å². The quantitative estimate of drug-likeness (QED) is 0.329. The lowest BCUT2D eigenvalue weighted by molar-refractivity contribution is 0.133. The zero-order valence-electron chi connectivity index (χ0n) is 20.3. The van der Waals surface area contributed by atoms with E-state index in [4.69, 9.17) is 9.47 Å². The van der Waals surface area contributed by atoms with Gasteiger partial charge in [-0.2, -0.15) is 0 Å². The van der Waals surface area contributed by atoms with Crippen molar-refractivity contribution in [2.75, 3.05) is 13.2 Å². The number of hydrogen-bond acceptors (Lipinski definition) is 4. The van der Waals surface area contributed by atoms with E-state index in [1.165, 1.54) is 0 Å². The molecule has 31 heavy (non-hydrogen) atoms. The minimum Gasteiger partial charge on any atom is -0.450 e. The zero-order valence-corrected chi connectivity index (χ0v) is 20.3. The molecule has 0 aromatic heterocycles. The summed E-state index contributed by atoms with van der Waals surface area (Å²) in [6.07, 6.45) is 6.41. The van der Waals surface area contributed by atoms with E-state index in [0.717, 1.165) is 56.1 Å². The molecule has 0 saturated heterocycles. The Balaban J connectivity index is 0. The van der Waals surface area contributed by atoms with Crippen LogP contribution in [0.1, 0.15) is 100 Å². The number of amides is 2. The number of alkyl carbamates (subject to hydrolysis) is 2. The number of carbonyl (C=O) groups is 2. The van der Waals surface area contributed by atoms with Gasteiger partial charge in [-0.15, -0.1) is 0 Å². The first-order valence-corrected chi connectivity index (χ1v) is 11.6. The van der Waals surface area contributed by atoms with Gasteiger partial charge in [-0.3, -0.25) is 0 Å². The Morgan fingerprint density at radius 2 is 1.19 bits per heavy atom. The molecule has 0 heterocycles. The van der Waals surface area contributed by atoms with Crippen LogP contribution in [0.25, 0.3) is 0 Å². The Morgan fingerprint density at radius 1 is 0.774 bits per heavy atom. The summed E-state index contributed by atoms with van der Waals surface area (Å²) in [5.74, 6) is 0. The number of ether oxygens (including phenoxy) is 2. The van der Waals surface area contributed by atoms with E-state index >= 15 is 0 Å². The summed E-state index contributed by atoms with van der Waals surface area (Å²) >= 11 is 0. The summed E-state index contributed by atoms with van der Waals surface area (Å²) in [5, 5.41) is 5.89. The van der Waals surface area contributed by atoms with Crippen LogP contribution in [0.2, 0.25) is 0 Å². The zero-order chi connectivity index (χ0) is 23.3. The van der Waals surface area contributed by atoms with E-state index < -0.39 is 23.3 Å². The van der Waals surface area contributed by atoms with E-state index in [1.807, 2.05) is 52.0 Å². The van der Waals surface area contributed by atoms with Crippen LogP contribution in [0.3, 0.4) is 0 Å². The van der Waals surface area contributed by atoms with Crippen molar-refractivity contribution < 1.29 is 21.9 Å². The Kier molecular flexibility index (Phi) is 11.4. The Labute approximate surface area is 191 Å². The van der Waals surface area contributed by atoms with Crippen LogP contribution < -0.4 is 10.6 Å². The maximum atomic E-state index is 12.2. The van der Waals surface area contributed by atoms with Gasteiger partial charge >= 0.3 is 12.2 Å². The maximum absolute atomic E-state index is 12.2. The Bertz CT molecular complexity index is 697.